The molecule has 0 amide bonds. The minimum atomic E-state index is -1.06. The lowest BCUT2D eigenvalue weighted by Gasteiger charge is -2.16. The van der Waals surface area contributed by atoms with Gasteiger partial charge in [0.1, 0.15) is 11.3 Å². The van der Waals surface area contributed by atoms with E-state index in [1.807, 2.05) is 14.1 Å². The first-order chi connectivity index (χ1) is 6.97. The molecular formula is C10H12ClNO3. The van der Waals surface area contributed by atoms with Crippen molar-refractivity contribution in [3.8, 4) is 5.75 Å². The van der Waals surface area contributed by atoms with E-state index in [1.165, 1.54) is 13.2 Å². The van der Waals surface area contributed by atoms with Crippen LogP contribution in [0.1, 0.15) is 10.4 Å². The average molecular weight is 230 g/mol. The summed E-state index contributed by atoms with van der Waals surface area (Å²) < 4.78 is 4.99. The molecule has 1 aromatic carbocycles. The fourth-order valence-electron chi connectivity index (χ4n) is 1.22. The van der Waals surface area contributed by atoms with Gasteiger partial charge in [0.05, 0.1) is 17.8 Å². The number of aromatic carboxylic acids is 1. The molecule has 0 saturated carbocycles. The number of benzene rings is 1. The van der Waals surface area contributed by atoms with Crippen LogP contribution in [0.25, 0.3) is 0 Å². The molecule has 0 atom stereocenters. The molecule has 0 aliphatic carbocycles. The number of carboxylic acid groups (broad SMARTS) is 1. The maximum absolute atomic E-state index is 10.9. The molecule has 0 radical (unpaired) electrons. The smallest absolute Gasteiger partial charge is 0.339 e. The second kappa shape index (κ2) is 4.40. The Labute approximate surface area is 93.0 Å². The van der Waals surface area contributed by atoms with Crippen LogP contribution in [0.3, 0.4) is 0 Å². The van der Waals surface area contributed by atoms with Gasteiger partial charge in [-0.15, -0.1) is 0 Å². The highest BCUT2D eigenvalue weighted by Crippen LogP contribution is 2.32. The van der Waals surface area contributed by atoms with Crippen LogP contribution in [0.5, 0.6) is 5.75 Å². The van der Waals surface area contributed by atoms with Crippen molar-refractivity contribution >= 4 is 23.3 Å². The second-order valence-corrected chi connectivity index (χ2v) is 3.61. The number of halogens is 1. The third-order valence-corrected chi connectivity index (χ3v) is 2.28. The number of carbonyl (C=O) groups is 1. The predicted molar refractivity (Wildman–Crippen MR) is 59.3 cm³/mol. The fourth-order valence-corrected chi connectivity index (χ4v) is 1.55. The lowest BCUT2D eigenvalue weighted by Crippen LogP contribution is -2.11. The lowest BCUT2D eigenvalue weighted by atomic mass is 10.1. The van der Waals surface area contributed by atoms with Gasteiger partial charge in [-0.1, -0.05) is 11.6 Å². The Morgan fingerprint density at radius 1 is 1.47 bits per heavy atom. The summed E-state index contributed by atoms with van der Waals surface area (Å²) in [5.74, 6) is -0.755. The highest BCUT2D eigenvalue weighted by atomic mass is 35.5. The number of nitrogens with zero attached hydrogens (tertiary/aromatic N) is 1. The van der Waals surface area contributed by atoms with E-state index in [-0.39, 0.29) is 5.56 Å². The number of anilines is 1. The van der Waals surface area contributed by atoms with Crippen LogP contribution in [0.15, 0.2) is 12.1 Å². The third-order valence-electron chi connectivity index (χ3n) is 1.98. The SMILES string of the molecule is COc1cc(N(C)C)c(Cl)cc1C(=O)O. The number of ether oxygens (including phenoxy) is 1. The molecule has 0 spiro atoms. The van der Waals surface area contributed by atoms with Gasteiger partial charge < -0.3 is 14.7 Å². The van der Waals surface area contributed by atoms with Crippen molar-refractivity contribution in [3.05, 3.63) is 22.7 Å². The molecule has 1 N–H and O–H groups in total. The number of methoxy groups -OCH3 is 1. The maximum Gasteiger partial charge on any atom is 0.339 e. The van der Waals surface area contributed by atoms with Gasteiger partial charge >= 0.3 is 5.97 Å². The molecule has 0 bridgehead atoms. The van der Waals surface area contributed by atoms with Gasteiger partial charge in [-0.05, 0) is 6.07 Å². The van der Waals surface area contributed by atoms with E-state index >= 15 is 0 Å². The van der Waals surface area contributed by atoms with Gasteiger partial charge in [0.25, 0.3) is 0 Å². The molecule has 0 heterocycles. The van der Waals surface area contributed by atoms with Gasteiger partial charge in [-0.3, -0.25) is 0 Å². The van der Waals surface area contributed by atoms with Gasteiger partial charge in [0.2, 0.25) is 0 Å². The zero-order chi connectivity index (χ0) is 11.6. The van der Waals surface area contributed by atoms with E-state index in [9.17, 15) is 4.79 Å². The van der Waals surface area contributed by atoms with Crippen molar-refractivity contribution < 1.29 is 14.6 Å². The molecule has 15 heavy (non-hydrogen) atoms. The highest BCUT2D eigenvalue weighted by Gasteiger charge is 2.15. The topological polar surface area (TPSA) is 49.8 Å². The predicted octanol–water partition coefficient (Wildman–Crippen LogP) is 2.11. The summed E-state index contributed by atoms with van der Waals surface area (Å²) in [4.78, 5) is 12.6. The van der Waals surface area contributed by atoms with E-state index in [1.54, 1.807) is 11.0 Å². The average Bonchev–Trinajstić information content (AvgIpc) is 2.16. The summed E-state index contributed by atoms with van der Waals surface area (Å²) in [6.45, 7) is 0. The Kier molecular flexibility index (Phi) is 3.42. The van der Waals surface area contributed by atoms with Crippen LogP contribution in [0.2, 0.25) is 5.02 Å². The van der Waals surface area contributed by atoms with Crippen molar-refractivity contribution in [1.82, 2.24) is 0 Å². The van der Waals surface area contributed by atoms with Crippen LogP contribution < -0.4 is 9.64 Å². The van der Waals surface area contributed by atoms with Crippen molar-refractivity contribution in [1.29, 1.82) is 0 Å². The summed E-state index contributed by atoms with van der Waals surface area (Å²) in [6.07, 6.45) is 0. The molecule has 82 valence electrons. The normalized spacial score (nSPS) is 9.87. The van der Waals surface area contributed by atoms with E-state index in [0.29, 0.717) is 10.8 Å². The molecule has 5 heteroatoms. The molecule has 0 aliphatic rings. The fraction of sp³-hybridized carbons (Fsp3) is 0.300. The van der Waals surface area contributed by atoms with Crippen LogP contribution in [0, 0.1) is 0 Å². The van der Waals surface area contributed by atoms with Crippen molar-refractivity contribution in [2.75, 3.05) is 26.1 Å². The summed E-state index contributed by atoms with van der Waals surface area (Å²) in [7, 11) is 5.07. The Bertz CT molecular complexity index is 390. The van der Waals surface area contributed by atoms with Crippen LogP contribution in [-0.4, -0.2) is 32.3 Å². The Morgan fingerprint density at radius 2 is 2.07 bits per heavy atom. The molecule has 0 saturated heterocycles. The Balaban J connectivity index is 3.35. The summed E-state index contributed by atoms with van der Waals surface area (Å²) in [5, 5.41) is 9.29. The zero-order valence-corrected chi connectivity index (χ0v) is 9.50. The zero-order valence-electron chi connectivity index (χ0n) is 8.74. The van der Waals surface area contributed by atoms with Crippen LogP contribution >= 0.6 is 11.6 Å². The molecular weight excluding hydrogens is 218 g/mol. The molecule has 1 aromatic rings. The van der Waals surface area contributed by atoms with Gasteiger partial charge in [-0.2, -0.15) is 0 Å². The summed E-state index contributed by atoms with van der Waals surface area (Å²) in [5.41, 5.74) is 0.784. The van der Waals surface area contributed by atoms with E-state index in [2.05, 4.69) is 0 Å². The van der Waals surface area contributed by atoms with Crippen molar-refractivity contribution in [2.45, 2.75) is 0 Å². The van der Waals surface area contributed by atoms with E-state index < -0.39 is 5.97 Å². The van der Waals surface area contributed by atoms with Crippen LogP contribution in [-0.2, 0) is 0 Å². The summed E-state index contributed by atoms with van der Waals surface area (Å²) >= 11 is 5.94. The van der Waals surface area contributed by atoms with E-state index in [0.717, 1.165) is 5.69 Å². The largest absolute Gasteiger partial charge is 0.496 e. The maximum atomic E-state index is 10.9. The molecule has 0 unspecified atom stereocenters. The Morgan fingerprint density at radius 3 is 2.47 bits per heavy atom. The summed E-state index contributed by atoms with van der Waals surface area (Å²) in [6, 6.07) is 2.99. The molecule has 0 aliphatic heterocycles. The lowest BCUT2D eigenvalue weighted by molar-refractivity contribution is 0.0693. The first-order valence-corrected chi connectivity index (χ1v) is 4.63. The second-order valence-electron chi connectivity index (χ2n) is 3.20. The highest BCUT2D eigenvalue weighted by molar-refractivity contribution is 6.33. The molecule has 4 nitrogen and oxygen atoms in total. The first kappa shape index (κ1) is 11.7. The van der Waals surface area contributed by atoms with Gasteiger partial charge in [0, 0.05) is 20.2 Å². The minimum absolute atomic E-state index is 0.0631. The minimum Gasteiger partial charge on any atom is -0.496 e. The van der Waals surface area contributed by atoms with Crippen molar-refractivity contribution in [3.63, 3.8) is 0 Å². The van der Waals surface area contributed by atoms with Gasteiger partial charge in [0.15, 0.2) is 0 Å². The number of rotatable bonds is 3. The standard InChI is InChI=1S/C10H12ClNO3/c1-12(2)8-5-9(15-3)6(10(13)14)4-7(8)11/h4-5H,1-3H3,(H,13,14). The quantitative estimate of drug-likeness (QED) is 0.863. The molecule has 0 aromatic heterocycles. The van der Waals surface area contributed by atoms with Crippen LogP contribution in [0.4, 0.5) is 5.69 Å². The van der Waals surface area contributed by atoms with E-state index in [4.69, 9.17) is 21.4 Å². The molecule has 1 rings (SSSR count). The van der Waals surface area contributed by atoms with Gasteiger partial charge in [-0.25, -0.2) is 4.79 Å². The monoisotopic (exact) mass is 229 g/mol. The number of hydrogen-bond acceptors (Lipinski definition) is 3. The Hall–Kier alpha value is -1.42. The first-order valence-electron chi connectivity index (χ1n) is 4.25. The molecule has 0 fully saturated rings. The third kappa shape index (κ3) is 2.33. The van der Waals surface area contributed by atoms with Crippen molar-refractivity contribution in [2.24, 2.45) is 0 Å². The number of carboxylic acids is 1. The number of hydrogen-bond donors (Lipinski definition) is 1.